The van der Waals surface area contributed by atoms with E-state index in [0.717, 1.165) is 6.42 Å². The summed E-state index contributed by atoms with van der Waals surface area (Å²) >= 11 is 6.39. The molecule has 3 rings (SSSR count). The molecule has 1 aliphatic rings. The van der Waals surface area contributed by atoms with Crippen LogP contribution >= 0.6 is 11.6 Å². The monoisotopic (exact) mass is 231 g/mol. The Balaban J connectivity index is 2.16. The Kier molecular flexibility index (Phi) is 2.56. The number of fused-ring (bicyclic) bond motifs is 1. The van der Waals surface area contributed by atoms with Crippen molar-refractivity contribution in [3.05, 3.63) is 42.2 Å². The maximum atomic E-state index is 6.39. The first-order valence-electron chi connectivity index (χ1n) is 5.83. The molecule has 82 valence electrons. The summed E-state index contributed by atoms with van der Waals surface area (Å²) in [6.07, 6.45) is 7.49. The highest BCUT2D eigenvalue weighted by Gasteiger charge is 2.27. The molecule has 2 aromatic rings. The van der Waals surface area contributed by atoms with Gasteiger partial charge in [-0.15, -0.1) is 11.6 Å². The average molecular weight is 232 g/mol. The van der Waals surface area contributed by atoms with E-state index in [1.165, 1.54) is 29.2 Å². The molecule has 2 heteroatoms. The van der Waals surface area contributed by atoms with Crippen LogP contribution in [0.2, 0.25) is 0 Å². The molecule has 0 radical (unpaired) electrons. The predicted molar refractivity (Wildman–Crippen MR) is 68.0 cm³/mol. The summed E-state index contributed by atoms with van der Waals surface area (Å²) in [5.41, 5.74) is 1.33. The fourth-order valence-corrected chi connectivity index (χ4v) is 3.12. The van der Waals surface area contributed by atoms with Crippen molar-refractivity contribution in [2.75, 3.05) is 0 Å². The molecule has 1 aromatic carbocycles. The molecular formula is C14H14ClN. The molecule has 0 bridgehead atoms. The predicted octanol–water partition coefficient (Wildman–Crippen LogP) is 4.11. The number of alkyl halides is 1. The fraction of sp³-hybridized carbons (Fsp3) is 0.357. The molecule has 1 nitrogen and oxygen atoms in total. The summed E-state index contributed by atoms with van der Waals surface area (Å²) in [5.74, 6) is 0.486. The summed E-state index contributed by atoms with van der Waals surface area (Å²) < 4.78 is 0. The highest BCUT2D eigenvalue weighted by Crippen LogP contribution is 2.40. The van der Waals surface area contributed by atoms with Gasteiger partial charge in [0, 0.05) is 29.1 Å². The van der Waals surface area contributed by atoms with Crippen LogP contribution in [0.4, 0.5) is 0 Å². The zero-order chi connectivity index (χ0) is 11.0. The fourth-order valence-electron chi connectivity index (χ4n) is 2.70. The topological polar surface area (TPSA) is 12.9 Å². The summed E-state index contributed by atoms with van der Waals surface area (Å²) in [5, 5.41) is 2.82. The molecule has 1 heterocycles. The standard InChI is InChI=1S/C14H14ClN/c15-14-7-3-6-12(14)13-9-16-8-10-4-1-2-5-11(10)13/h1-2,4-5,8-9,12,14H,3,6-7H2. The first-order valence-corrected chi connectivity index (χ1v) is 6.26. The lowest BCUT2D eigenvalue weighted by Crippen LogP contribution is -2.05. The van der Waals surface area contributed by atoms with Crippen LogP contribution < -0.4 is 0 Å². The minimum Gasteiger partial charge on any atom is -0.264 e. The number of halogens is 1. The largest absolute Gasteiger partial charge is 0.264 e. The van der Waals surface area contributed by atoms with Gasteiger partial charge in [0.1, 0.15) is 0 Å². The molecule has 2 atom stereocenters. The van der Waals surface area contributed by atoms with Crippen LogP contribution in [-0.4, -0.2) is 10.4 Å². The van der Waals surface area contributed by atoms with Gasteiger partial charge in [-0.25, -0.2) is 0 Å². The van der Waals surface area contributed by atoms with Crippen molar-refractivity contribution in [2.45, 2.75) is 30.6 Å². The van der Waals surface area contributed by atoms with Gasteiger partial charge in [-0.1, -0.05) is 30.7 Å². The van der Waals surface area contributed by atoms with E-state index >= 15 is 0 Å². The van der Waals surface area contributed by atoms with Gasteiger partial charge in [0.05, 0.1) is 0 Å². The molecule has 2 unspecified atom stereocenters. The number of rotatable bonds is 1. The van der Waals surface area contributed by atoms with Crippen molar-refractivity contribution in [3.8, 4) is 0 Å². The van der Waals surface area contributed by atoms with E-state index in [9.17, 15) is 0 Å². The van der Waals surface area contributed by atoms with Crippen LogP contribution in [0.5, 0.6) is 0 Å². The molecule has 1 saturated carbocycles. The van der Waals surface area contributed by atoms with Crippen molar-refractivity contribution in [1.29, 1.82) is 0 Å². The molecule has 0 N–H and O–H groups in total. The minimum absolute atomic E-state index is 0.285. The zero-order valence-electron chi connectivity index (χ0n) is 9.07. The van der Waals surface area contributed by atoms with Crippen molar-refractivity contribution < 1.29 is 0 Å². The Morgan fingerprint density at radius 2 is 2.00 bits per heavy atom. The highest BCUT2D eigenvalue weighted by molar-refractivity contribution is 6.21. The van der Waals surface area contributed by atoms with Gasteiger partial charge in [-0.2, -0.15) is 0 Å². The van der Waals surface area contributed by atoms with Crippen molar-refractivity contribution in [2.24, 2.45) is 0 Å². The summed E-state index contributed by atoms with van der Waals surface area (Å²) in [6.45, 7) is 0. The van der Waals surface area contributed by atoms with E-state index in [2.05, 4.69) is 29.2 Å². The van der Waals surface area contributed by atoms with E-state index in [1.807, 2.05) is 12.4 Å². The average Bonchev–Trinajstić information content (AvgIpc) is 2.75. The number of nitrogens with zero attached hydrogens (tertiary/aromatic N) is 1. The number of hydrogen-bond donors (Lipinski definition) is 0. The third kappa shape index (κ3) is 1.60. The molecule has 1 aromatic heterocycles. The lowest BCUT2D eigenvalue weighted by Gasteiger charge is -2.15. The van der Waals surface area contributed by atoms with E-state index in [4.69, 9.17) is 11.6 Å². The third-order valence-corrected chi connectivity index (χ3v) is 4.05. The van der Waals surface area contributed by atoms with Gasteiger partial charge in [-0.05, 0) is 23.8 Å². The van der Waals surface area contributed by atoms with Gasteiger partial charge in [0.2, 0.25) is 0 Å². The van der Waals surface area contributed by atoms with E-state index < -0.39 is 0 Å². The van der Waals surface area contributed by atoms with Crippen LogP contribution in [0.1, 0.15) is 30.7 Å². The van der Waals surface area contributed by atoms with Crippen LogP contribution in [0.25, 0.3) is 10.8 Å². The quantitative estimate of drug-likeness (QED) is 0.673. The van der Waals surface area contributed by atoms with Crippen LogP contribution in [0.15, 0.2) is 36.7 Å². The molecule has 0 saturated heterocycles. The van der Waals surface area contributed by atoms with Gasteiger partial charge in [-0.3, -0.25) is 4.98 Å². The van der Waals surface area contributed by atoms with Crippen molar-refractivity contribution in [1.82, 2.24) is 4.98 Å². The molecule has 0 aliphatic heterocycles. The molecular weight excluding hydrogens is 218 g/mol. The minimum atomic E-state index is 0.285. The Morgan fingerprint density at radius 3 is 2.81 bits per heavy atom. The SMILES string of the molecule is ClC1CCCC1c1cncc2ccccc12. The Bertz CT molecular complexity index is 504. The van der Waals surface area contributed by atoms with E-state index in [0.29, 0.717) is 5.92 Å². The van der Waals surface area contributed by atoms with Crippen LogP contribution in [0, 0.1) is 0 Å². The number of hydrogen-bond acceptors (Lipinski definition) is 1. The van der Waals surface area contributed by atoms with Gasteiger partial charge in [0.25, 0.3) is 0 Å². The second-order valence-electron chi connectivity index (χ2n) is 4.50. The number of pyridine rings is 1. The zero-order valence-corrected chi connectivity index (χ0v) is 9.82. The van der Waals surface area contributed by atoms with Gasteiger partial charge in [0.15, 0.2) is 0 Å². The summed E-state index contributed by atoms with van der Waals surface area (Å²) in [4.78, 5) is 4.33. The van der Waals surface area contributed by atoms with Gasteiger partial charge >= 0.3 is 0 Å². The molecule has 16 heavy (non-hydrogen) atoms. The van der Waals surface area contributed by atoms with Gasteiger partial charge < -0.3 is 0 Å². The maximum Gasteiger partial charge on any atom is 0.0405 e. The summed E-state index contributed by atoms with van der Waals surface area (Å²) in [6, 6.07) is 8.43. The van der Waals surface area contributed by atoms with Crippen molar-refractivity contribution >= 4 is 22.4 Å². The lowest BCUT2D eigenvalue weighted by atomic mass is 9.94. The first-order chi connectivity index (χ1) is 7.86. The number of benzene rings is 1. The van der Waals surface area contributed by atoms with E-state index in [-0.39, 0.29) is 5.38 Å². The first kappa shape index (κ1) is 10.1. The summed E-state index contributed by atoms with van der Waals surface area (Å²) in [7, 11) is 0. The highest BCUT2D eigenvalue weighted by atomic mass is 35.5. The Morgan fingerprint density at radius 1 is 1.12 bits per heavy atom. The Hall–Kier alpha value is -1.08. The number of aromatic nitrogens is 1. The molecule has 0 amide bonds. The third-order valence-electron chi connectivity index (χ3n) is 3.53. The second kappa shape index (κ2) is 4.06. The van der Waals surface area contributed by atoms with Crippen LogP contribution in [0.3, 0.4) is 0 Å². The lowest BCUT2D eigenvalue weighted by molar-refractivity contribution is 0.732. The van der Waals surface area contributed by atoms with Crippen LogP contribution in [-0.2, 0) is 0 Å². The molecule has 1 aliphatic carbocycles. The molecule has 0 spiro atoms. The smallest absolute Gasteiger partial charge is 0.0405 e. The molecule has 1 fully saturated rings. The second-order valence-corrected chi connectivity index (χ2v) is 5.06. The van der Waals surface area contributed by atoms with Crippen molar-refractivity contribution in [3.63, 3.8) is 0 Å². The van der Waals surface area contributed by atoms with E-state index in [1.54, 1.807) is 0 Å². The Labute approximate surface area is 100 Å². The maximum absolute atomic E-state index is 6.39. The normalized spacial score (nSPS) is 25.1.